The van der Waals surface area contributed by atoms with Crippen LogP contribution in [0.25, 0.3) is 16.8 Å². The summed E-state index contributed by atoms with van der Waals surface area (Å²) in [7, 11) is 0. The number of carbonyl (C=O) groups is 1. The lowest BCUT2D eigenvalue weighted by molar-refractivity contribution is 0.0947. The van der Waals surface area contributed by atoms with Crippen molar-refractivity contribution in [1.82, 2.24) is 14.9 Å². The molecule has 1 N–H and O–H groups in total. The molecule has 0 saturated carbocycles. The van der Waals surface area contributed by atoms with Crippen molar-refractivity contribution < 1.29 is 9.21 Å². The van der Waals surface area contributed by atoms with E-state index in [1.807, 2.05) is 65.5 Å². The number of nitrogens with one attached hydrogen (secondary N) is 1. The summed E-state index contributed by atoms with van der Waals surface area (Å²) in [6, 6.07) is 18.9. The van der Waals surface area contributed by atoms with Gasteiger partial charge in [0.05, 0.1) is 6.54 Å². The summed E-state index contributed by atoms with van der Waals surface area (Å²) < 4.78 is 7.58. The van der Waals surface area contributed by atoms with Crippen LogP contribution in [0.4, 0.5) is 0 Å². The smallest absolute Gasteiger partial charge is 0.251 e. The first-order valence-corrected chi connectivity index (χ1v) is 7.66. The Morgan fingerprint density at radius 1 is 1.00 bits per heavy atom. The van der Waals surface area contributed by atoms with Crippen LogP contribution in [-0.2, 0) is 6.54 Å². The van der Waals surface area contributed by atoms with Gasteiger partial charge < -0.3 is 14.3 Å². The van der Waals surface area contributed by atoms with Crippen molar-refractivity contribution in [3.8, 4) is 5.69 Å². The first kappa shape index (κ1) is 14.3. The first-order valence-electron chi connectivity index (χ1n) is 7.66. The number of hydrogen-bond donors (Lipinski definition) is 1. The summed E-state index contributed by atoms with van der Waals surface area (Å²) in [5, 5.41) is 2.83. The molecule has 2 heterocycles. The van der Waals surface area contributed by atoms with E-state index in [2.05, 4.69) is 10.3 Å². The Kier molecular flexibility index (Phi) is 3.59. The Labute approximate surface area is 138 Å². The molecule has 0 spiro atoms. The van der Waals surface area contributed by atoms with Gasteiger partial charge in [-0.3, -0.25) is 4.79 Å². The van der Waals surface area contributed by atoms with Crippen molar-refractivity contribution in [2.45, 2.75) is 6.54 Å². The number of para-hydroxylation sites is 2. The number of carbonyl (C=O) groups excluding carboxylic acids is 1. The fourth-order valence-electron chi connectivity index (χ4n) is 2.55. The molecule has 2 aromatic heterocycles. The van der Waals surface area contributed by atoms with Crippen molar-refractivity contribution in [2.24, 2.45) is 0 Å². The highest BCUT2D eigenvalue weighted by Crippen LogP contribution is 2.15. The maximum Gasteiger partial charge on any atom is 0.251 e. The van der Waals surface area contributed by atoms with Crippen LogP contribution in [0.2, 0.25) is 0 Å². The molecule has 0 saturated heterocycles. The number of rotatable bonds is 4. The molecule has 4 aromatic rings. The largest absolute Gasteiger partial charge is 0.439 e. The molecule has 24 heavy (non-hydrogen) atoms. The number of fused-ring (bicyclic) bond motifs is 1. The summed E-state index contributed by atoms with van der Waals surface area (Å²) in [6.45, 7) is 0.257. The topological polar surface area (TPSA) is 60.1 Å². The van der Waals surface area contributed by atoms with E-state index in [4.69, 9.17) is 4.42 Å². The van der Waals surface area contributed by atoms with E-state index in [1.165, 1.54) is 0 Å². The third-order valence-corrected chi connectivity index (χ3v) is 3.77. The molecule has 2 aromatic carbocycles. The zero-order chi connectivity index (χ0) is 16.4. The summed E-state index contributed by atoms with van der Waals surface area (Å²) in [5.74, 6) is 0.338. The second-order valence-corrected chi connectivity index (χ2v) is 5.40. The Balaban J connectivity index is 1.44. The van der Waals surface area contributed by atoms with E-state index >= 15 is 0 Å². The maximum atomic E-state index is 12.2. The standard InChI is InChI=1S/C19H15N3O2/c23-19(14-7-9-15(10-8-14)22-11-3-4-12-22)20-13-18-21-16-5-1-2-6-17(16)24-18/h1-12H,13H2,(H,20,23). The minimum absolute atomic E-state index is 0.156. The van der Waals surface area contributed by atoms with Crippen LogP contribution >= 0.6 is 0 Å². The predicted molar refractivity (Wildman–Crippen MR) is 90.9 cm³/mol. The maximum absolute atomic E-state index is 12.2. The molecule has 0 radical (unpaired) electrons. The highest BCUT2D eigenvalue weighted by atomic mass is 16.3. The molecule has 1 amide bonds. The fourth-order valence-corrected chi connectivity index (χ4v) is 2.55. The molecule has 0 aliphatic rings. The lowest BCUT2D eigenvalue weighted by atomic mass is 10.2. The Hall–Kier alpha value is -3.34. The van der Waals surface area contributed by atoms with Gasteiger partial charge in [0.1, 0.15) is 5.52 Å². The molecular weight excluding hydrogens is 302 g/mol. The van der Waals surface area contributed by atoms with E-state index in [0.29, 0.717) is 11.5 Å². The number of nitrogens with zero attached hydrogens (tertiary/aromatic N) is 2. The lowest BCUT2D eigenvalue weighted by Gasteiger charge is -2.05. The Morgan fingerprint density at radius 2 is 1.75 bits per heavy atom. The zero-order valence-electron chi connectivity index (χ0n) is 12.8. The molecule has 5 nitrogen and oxygen atoms in total. The molecule has 5 heteroatoms. The Morgan fingerprint density at radius 3 is 2.50 bits per heavy atom. The summed E-state index contributed by atoms with van der Waals surface area (Å²) in [4.78, 5) is 16.6. The summed E-state index contributed by atoms with van der Waals surface area (Å²) in [5.41, 5.74) is 3.12. The van der Waals surface area contributed by atoms with E-state index in [1.54, 1.807) is 12.1 Å². The van der Waals surface area contributed by atoms with Crippen LogP contribution in [0, 0.1) is 0 Å². The quantitative estimate of drug-likeness (QED) is 0.626. The van der Waals surface area contributed by atoms with Gasteiger partial charge in [-0.15, -0.1) is 0 Å². The monoisotopic (exact) mass is 317 g/mol. The van der Waals surface area contributed by atoms with Crippen LogP contribution in [0.3, 0.4) is 0 Å². The van der Waals surface area contributed by atoms with Crippen molar-refractivity contribution in [3.05, 3.63) is 84.5 Å². The molecule has 0 aliphatic heterocycles. The number of hydrogen-bond acceptors (Lipinski definition) is 3. The van der Waals surface area contributed by atoms with Crippen LogP contribution in [-0.4, -0.2) is 15.5 Å². The normalized spacial score (nSPS) is 10.8. The third kappa shape index (κ3) is 2.79. The SMILES string of the molecule is O=C(NCc1nc2ccccc2o1)c1ccc(-n2cccc2)cc1. The van der Waals surface area contributed by atoms with Crippen LogP contribution < -0.4 is 5.32 Å². The highest BCUT2D eigenvalue weighted by molar-refractivity contribution is 5.94. The number of amides is 1. The lowest BCUT2D eigenvalue weighted by Crippen LogP contribution is -2.22. The van der Waals surface area contributed by atoms with Crippen LogP contribution in [0.5, 0.6) is 0 Å². The van der Waals surface area contributed by atoms with Crippen LogP contribution in [0.1, 0.15) is 16.2 Å². The minimum Gasteiger partial charge on any atom is -0.439 e. The van der Waals surface area contributed by atoms with Crippen molar-refractivity contribution in [2.75, 3.05) is 0 Å². The van der Waals surface area contributed by atoms with Crippen molar-refractivity contribution >= 4 is 17.0 Å². The number of benzene rings is 2. The highest BCUT2D eigenvalue weighted by Gasteiger charge is 2.09. The van der Waals surface area contributed by atoms with Gasteiger partial charge >= 0.3 is 0 Å². The minimum atomic E-state index is -0.156. The van der Waals surface area contributed by atoms with Crippen LogP contribution in [0.15, 0.2) is 77.5 Å². The van der Waals surface area contributed by atoms with Gasteiger partial charge in [0.2, 0.25) is 5.89 Å². The molecule has 0 bridgehead atoms. The summed E-state index contributed by atoms with van der Waals surface area (Å²) in [6.07, 6.45) is 3.92. The van der Waals surface area contributed by atoms with E-state index in [9.17, 15) is 4.79 Å². The van der Waals surface area contributed by atoms with E-state index < -0.39 is 0 Å². The molecule has 118 valence electrons. The van der Waals surface area contributed by atoms with E-state index in [-0.39, 0.29) is 12.5 Å². The molecule has 4 rings (SSSR count). The predicted octanol–water partition coefficient (Wildman–Crippen LogP) is 3.55. The van der Waals surface area contributed by atoms with Crippen molar-refractivity contribution in [3.63, 3.8) is 0 Å². The summed E-state index contributed by atoms with van der Waals surface area (Å²) >= 11 is 0. The van der Waals surface area contributed by atoms with Gasteiger partial charge in [-0.25, -0.2) is 4.98 Å². The van der Waals surface area contributed by atoms with Gasteiger partial charge in [-0.1, -0.05) is 12.1 Å². The average Bonchev–Trinajstić information content (AvgIpc) is 3.29. The molecule has 0 unspecified atom stereocenters. The van der Waals surface area contributed by atoms with Gasteiger partial charge in [0, 0.05) is 23.6 Å². The van der Waals surface area contributed by atoms with Gasteiger partial charge in [-0.2, -0.15) is 0 Å². The molecule has 0 aliphatic carbocycles. The number of aromatic nitrogens is 2. The second-order valence-electron chi connectivity index (χ2n) is 5.40. The average molecular weight is 317 g/mol. The molecule has 0 fully saturated rings. The van der Waals surface area contributed by atoms with Gasteiger partial charge in [-0.05, 0) is 48.5 Å². The molecular formula is C19H15N3O2. The zero-order valence-corrected chi connectivity index (χ0v) is 12.8. The molecule has 0 atom stereocenters. The number of oxazole rings is 1. The Bertz CT molecular complexity index is 936. The van der Waals surface area contributed by atoms with Gasteiger partial charge in [0.25, 0.3) is 5.91 Å². The first-order chi connectivity index (χ1) is 11.8. The third-order valence-electron chi connectivity index (χ3n) is 3.77. The van der Waals surface area contributed by atoms with E-state index in [0.717, 1.165) is 16.8 Å². The second kappa shape index (κ2) is 6.04. The fraction of sp³-hybridized carbons (Fsp3) is 0.0526. The van der Waals surface area contributed by atoms with Gasteiger partial charge in [0.15, 0.2) is 5.58 Å². The van der Waals surface area contributed by atoms with Crippen molar-refractivity contribution in [1.29, 1.82) is 0 Å².